The van der Waals surface area contributed by atoms with Crippen LogP contribution in [0.3, 0.4) is 0 Å². The number of halogens is 1. The average molecular weight is 364 g/mol. The van der Waals surface area contributed by atoms with Crippen LogP contribution in [0.15, 0.2) is 67.0 Å². The second-order valence-corrected chi connectivity index (χ2v) is 7.15. The summed E-state index contributed by atoms with van der Waals surface area (Å²) in [5, 5.41) is 4.32. The summed E-state index contributed by atoms with van der Waals surface area (Å²) in [5.41, 5.74) is 3.59. The number of rotatable bonds is 5. The van der Waals surface area contributed by atoms with Crippen molar-refractivity contribution in [2.45, 2.75) is 19.5 Å². The maximum Gasteiger partial charge on any atom is 0.123 e. The molecule has 0 aliphatic carbocycles. The van der Waals surface area contributed by atoms with Crippen LogP contribution in [0.25, 0.3) is 5.69 Å². The van der Waals surface area contributed by atoms with Crippen molar-refractivity contribution in [2.75, 3.05) is 26.2 Å². The Morgan fingerprint density at radius 2 is 1.56 bits per heavy atom. The van der Waals surface area contributed by atoms with Crippen LogP contribution < -0.4 is 0 Å². The predicted octanol–water partition coefficient (Wildman–Crippen LogP) is 3.72. The largest absolute Gasteiger partial charge is 0.298 e. The minimum atomic E-state index is -0.168. The topological polar surface area (TPSA) is 24.3 Å². The molecule has 3 aromatic rings. The molecule has 2 aromatic carbocycles. The Morgan fingerprint density at radius 3 is 2.26 bits per heavy atom. The Labute approximate surface area is 159 Å². The molecule has 27 heavy (non-hydrogen) atoms. The molecule has 1 fully saturated rings. The van der Waals surface area contributed by atoms with E-state index in [9.17, 15) is 4.39 Å². The fraction of sp³-hybridized carbons (Fsp3) is 0.318. The minimum Gasteiger partial charge on any atom is -0.298 e. The van der Waals surface area contributed by atoms with Crippen molar-refractivity contribution in [2.24, 2.45) is 0 Å². The van der Waals surface area contributed by atoms with Crippen LogP contribution in [0.2, 0.25) is 0 Å². The van der Waals surface area contributed by atoms with E-state index < -0.39 is 0 Å². The lowest BCUT2D eigenvalue weighted by Gasteiger charge is -2.22. The van der Waals surface area contributed by atoms with Gasteiger partial charge < -0.3 is 0 Å². The van der Waals surface area contributed by atoms with Crippen molar-refractivity contribution in [3.63, 3.8) is 0 Å². The van der Waals surface area contributed by atoms with E-state index in [1.54, 1.807) is 18.3 Å². The highest BCUT2D eigenvalue weighted by Gasteiger charge is 2.15. The van der Waals surface area contributed by atoms with Crippen LogP contribution in [-0.2, 0) is 13.1 Å². The first-order valence-electron chi connectivity index (χ1n) is 9.54. The van der Waals surface area contributed by atoms with E-state index in [2.05, 4.69) is 39.2 Å². The Morgan fingerprint density at radius 1 is 0.815 bits per heavy atom. The first kappa shape index (κ1) is 17.9. The molecule has 4 nitrogen and oxygen atoms in total. The lowest BCUT2D eigenvalue weighted by Crippen LogP contribution is -2.30. The van der Waals surface area contributed by atoms with Gasteiger partial charge in [-0.1, -0.05) is 24.3 Å². The molecule has 0 radical (unpaired) electrons. The highest BCUT2D eigenvalue weighted by atomic mass is 19.1. The van der Waals surface area contributed by atoms with Gasteiger partial charge in [-0.05, 0) is 61.0 Å². The first-order valence-corrected chi connectivity index (χ1v) is 9.54. The zero-order valence-corrected chi connectivity index (χ0v) is 15.5. The first-order chi connectivity index (χ1) is 13.3. The van der Waals surface area contributed by atoms with Gasteiger partial charge in [-0.15, -0.1) is 0 Å². The second kappa shape index (κ2) is 8.46. The van der Waals surface area contributed by atoms with E-state index in [1.165, 1.54) is 11.1 Å². The smallest absolute Gasteiger partial charge is 0.123 e. The summed E-state index contributed by atoms with van der Waals surface area (Å²) in [6.07, 6.45) is 4.93. The quantitative estimate of drug-likeness (QED) is 0.690. The van der Waals surface area contributed by atoms with Crippen molar-refractivity contribution in [1.29, 1.82) is 0 Å². The molecule has 1 aromatic heterocycles. The third kappa shape index (κ3) is 4.81. The van der Waals surface area contributed by atoms with Crippen molar-refractivity contribution in [3.05, 3.63) is 83.9 Å². The fourth-order valence-electron chi connectivity index (χ4n) is 3.67. The Hall–Kier alpha value is -2.50. The van der Waals surface area contributed by atoms with Gasteiger partial charge in [0.2, 0.25) is 0 Å². The lowest BCUT2D eigenvalue weighted by atomic mass is 10.2. The summed E-state index contributed by atoms with van der Waals surface area (Å²) in [5.74, 6) is -0.168. The zero-order chi connectivity index (χ0) is 18.5. The van der Waals surface area contributed by atoms with Gasteiger partial charge >= 0.3 is 0 Å². The number of hydrogen-bond acceptors (Lipinski definition) is 3. The Kier molecular flexibility index (Phi) is 5.61. The highest BCUT2D eigenvalue weighted by molar-refractivity contribution is 5.35. The summed E-state index contributed by atoms with van der Waals surface area (Å²) in [7, 11) is 0. The van der Waals surface area contributed by atoms with Crippen LogP contribution in [0, 0.1) is 5.82 Å². The molecule has 0 atom stereocenters. The molecule has 0 amide bonds. The molecule has 1 aliphatic rings. The molecule has 0 spiro atoms. The molecule has 0 N–H and O–H groups in total. The number of nitrogens with zero attached hydrogens (tertiary/aromatic N) is 4. The molecule has 1 aliphatic heterocycles. The van der Waals surface area contributed by atoms with Gasteiger partial charge in [0.05, 0.1) is 5.69 Å². The zero-order valence-electron chi connectivity index (χ0n) is 15.5. The summed E-state index contributed by atoms with van der Waals surface area (Å²) in [6.45, 7) is 6.12. The monoisotopic (exact) mass is 364 g/mol. The third-order valence-electron chi connectivity index (χ3n) is 5.09. The van der Waals surface area contributed by atoms with Gasteiger partial charge in [0.25, 0.3) is 0 Å². The number of aromatic nitrogens is 2. The Bertz CT molecular complexity index is 845. The van der Waals surface area contributed by atoms with Crippen molar-refractivity contribution >= 4 is 0 Å². The predicted molar refractivity (Wildman–Crippen MR) is 105 cm³/mol. The van der Waals surface area contributed by atoms with E-state index in [0.717, 1.165) is 51.4 Å². The maximum atomic E-state index is 13.1. The van der Waals surface area contributed by atoms with E-state index in [0.29, 0.717) is 0 Å². The van der Waals surface area contributed by atoms with Crippen LogP contribution in [0.4, 0.5) is 4.39 Å². The second-order valence-electron chi connectivity index (χ2n) is 7.15. The molecule has 1 saturated heterocycles. The molecule has 0 saturated carbocycles. The molecular formula is C22H25FN4. The summed E-state index contributed by atoms with van der Waals surface area (Å²) in [4.78, 5) is 4.99. The van der Waals surface area contributed by atoms with Crippen LogP contribution in [0.5, 0.6) is 0 Å². The highest BCUT2D eigenvalue weighted by Crippen LogP contribution is 2.15. The van der Waals surface area contributed by atoms with Gasteiger partial charge in [-0.2, -0.15) is 5.10 Å². The van der Waals surface area contributed by atoms with Gasteiger partial charge in [0, 0.05) is 38.6 Å². The summed E-state index contributed by atoms with van der Waals surface area (Å²) < 4.78 is 15.0. The van der Waals surface area contributed by atoms with Gasteiger partial charge in [0.15, 0.2) is 0 Å². The van der Waals surface area contributed by atoms with E-state index in [-0.39, 0.29) is 5.82 Å². The summed E-state index contributed by atoms with van der Waals surface area (Å²) in [6, 6.07) is 17.4. The molecule has 2 heterocycles. The normalized spacial score (nSPS) is 16.3. The fourth-order valence-corrected chi connectivity index (χ4v) is 3.67. The maximum absolute atomic E-state index is 13.1. The van der Waals surface area contributed by atoms with Crippen molar-refractivity contribution in [1.82, 2.24) is 19.6 Å². The minimum absolute atomic E-state index is 0.168. The van der Waals surface area contributed by atoms with Crippen LogP contribution >= 0.6 is 0 Å². The molecule has 140 valence electrons. The molecular weight excluding hydrogens is 339 g/mol. The van der Waals surface area contributed by atoms with E-state index in [1.807, 2.05) is 29.1 Å². The van der Waals surface area contributed by atoms with Crippen LogP contribution in [0.1, 0.15) is 17.5 Å². The van der Waals surface area contributed by atoms with Gasteiger partial charge in [-0.25, -0.2) is 9.07 Å². The van der Waals surface area contributed by atoms with Gasteiger partial charge in [-0.3, -0.25) is 9.80 Å². The molecule has 0 unspecified atom stereocenters. The average Bonchev–Trinajstić information content (AvgIpc) is 3.14. The Balaban J connectivity index is 1.34. The molecule has 0 bridgehead atoms. The van der Waals surface area contributed by atoms with Crippen molar-refractivity contribution in [3.8, 4) is 5.69 Å². The SMILES string of the molecule is Fc1ccc(CN2CCCN(Cc3cccc(-n4cccn4)c3)CC2)cc1. The van der Waals surface area contributed by atoms with Gasteiger partial charge in [0.1, 0.15) is 5.82 Å². The third-order valence-corrected chi connectivity index (χ3v) is 5.09. The van der Waals surface area contributed by atoms with E-state index >= 15 is 0 Å². The summed E-state index contributed by atoms with van der Waals surface area (Å²) >= 11 is 0. The number of benzene rings is 2. The van der Waals surface area contributed by atoms with Crippen molar-refractivity contribution < 1.29 is 4.39 Å². The van der Waals surface area contributed by atoms with Crippen LogP contribution in [-0.4, -0.2) is 45.8 Å². The molecule has 4 rings (SSSR count). The van der Waals surface area contributed by atoms with E-state index in [4.69, 9.17) is 0 Å². The lowest BCUT2D eigenvalue weighted by molar-refractivity contribution is 0.247. The standard InChI is InChI=1S/C22H25FN4/c23-21-8-6-19(7-9-21)17-25-11-3-12-26(15-14-25)18-20-4-1-5-22(16-20)27-13-2-10-24-27/h1-2,4-10,13,16H,3,11-12,14-15,17-18H2. The molecule has 5 heteroatoms. The number of hydrogen-bond donors (Lipinski definition) is 0.